The van der Waals surface area contributed by atoms with Gasteiger partial charge in [-0.2, -0.15) is 0 Å². The number of carbonyl (C=O) groups is 1. The minimum absolute atomic E-state index is 0.00299. The molecule has 0 spiro atoms. The molecule has 1 atom stereocenters. The lowest BCUT2D eigenvalue weighted by molar-refractivity contribution is -0.151. The average molecular weight is 241 g/mol. The SMILES string of the molecule is C[Si](C)OCC1=CCC(C(C)(C)C)OC1=O. The third kappa shape index (κ3) is 3.76. The van der Waals surface area contributed by atoms with E-state index in [-0.39, 0.29) is 17.5 Å². The summed E-state index contributed by atoms with van der Waals surface area (Å²) in [5.74, 6) is -0.213. The lowest BCUT2D eigenvalue weighted by Crippen LogP contribution is -2.35. The predicted molar refractivity (Wildman–Crippen MR) is 65.5 cm³/mol. The molecule has 1 rings (SSSR count). The fraction of sp³-hybridized carbons (Fsp3) is 0.750. The molecule has 0 aromatic carbocycles. The predicted octanol–water partition coefficient (Wildman–Crippen LogP) is 2.54. The zero-order chi connectivity index (χ0) is 12.3. The van der Waals surface area contributed by atoms with Crippen molar-refractivity contribution in [3.8, 4) is 0 Å². The van der Waals surface area contributed by atoms with Gasteiger partial charge in [0.05, 0.1) is 12.2 Å². The summed E-state index contributed by atoms with van der Waals surface area (Å²) in [5.41, 5.74) is 0.676. The fourth-order valence-corrected chi connectivity index (χ4v) is 1.90. The first-order chi connectivity index (χ1) is 7.30. The first kappa shape index (κ1) is 13.5. The molecule has 0 N–H and O–H groups in total. The Kier molecular flexibility index (Phi) is 4.33. The summed E-state index contributed by atoms with van der Waals surface area (Å²) < 4.78 is 10.9. The Morgan fingerprint density at radius 1 is 1.50 bits per heavy atom. The second-order valence-electron chi connectivity index (χ2n) is 5.42. The van der Waals surface area contributed by atoms with Gasteiger partial charge in [-0.25, -0.2) is 4.79 Å². The second-order valence-corrected chi connectivity index (χ2v) is 7.53. The van der Waals surface area contributed by atoms with Crippen molar-refractivity contribution in [2.75, 3.05) is 6.61 Å². The van der Waals surface area contributed by atoms with Crippen molar-refractivity contribution in [3.05, 3.63) is 11.6 Å². The van der Waals surface area contributed by atoms with E-state index < -0.39 is 9.04 Å². The third-order valence-corrected chi connectivity index (χ3v) is 3.29. The zero-order valence-electron chi connectivity index (χ0n) is 10.8. The van der Waals surface area contributed by atoms with Gasteiger partial charge in [-0.05, 0) is 18.5 Å². The molecule has 1 aliphatic heterocycles. The molecule has 0 fully saturated rings. The Labute approximate surface area is 99.5 Å². The summed E-state index contributed by atoms with van der Waals surface area (Å²) >= 11 is 0. The number of rotatable bonds is 3. The van der Waals surface area contributed by atoms with Crippen LogP contribution in [0.4, 0.5) is 0 Å². The van der Waals surface area contributed by atoms with Gasteiger partial charge in [-0.1, -0.05) is 26.8 Å². The molecule has 1 radical (unpaired) electrons. The molecule has 0 aromatic rings. The summed E-state index contributed by atoms with van der Waals surface area (Å²) in [6.45, 7) is 10.8. The molecule has 4 heteroatoms. The van der Waals surface area contributed by atoms with E-state index in [0.717, 1.165) is 6.42 Å². The highest BCUT2D eigenvalue weighted by Crippen LogP contribution is 2.29. The average Bonchev–Trinajstić information content (AvgIpc) is 2.14. The Hall–Kier alpha value is -0.613. The van der Waals surface area contributed by atoms with E-state index in [2.05, 4.69) is 33.9 Å². The Balaban J connectivity index is 2.58. The molecular formula is C12H21O3Si. The van der Waals surface area contributed by atoms with Crippen molar-refractivity contribution in [2.45, 2.75) is 46.4 Å². The molecule has 0 bridgehead atoms. The van der Waals surface area contributed by atoms with Crippen LogP contribution in [0, 0.1) is 5.41 Å². The minimum atomic E-state index is -0.747. The topological polar surface area (TPSA) is 35.5 Å². The summed E-state index contributed by atoms with van der Waals surface area (Å²) in [7, 11) is -0.747. The van der Waals surface area contributed by atoms with E-state index in [9.17, 15) is 4.79 Å². The van der Waals surface area contributed by atoms with Crippen LogP contribution < -0.4 is 0 Å². The molecule has 16 heavy (non-hydrogen) atoms. The summed E-state index contributed by atoms with van der Waals surface area (Å²) in [5, 5.41) is 0. The number of cyclic esters (lactones) is 1. The first-order valence-corrected chi connectivity index (χ1v) is 8.04. The standard InChI is InChI=1S/C12H21O3Si/c1-12(2,3)10-7-6-9(11(13)15-10)8-14-16(4)5/h6,10H,7-8H2,1-5H3. The quantitative estimate of drug-likeness (QED) is 0.562. The molecule has 1 heterocycles. The highest BCUT2D eigenvalue weighted by molar-refractivity contribution is 6.48. The number of hydrogen-bond acceptors (Lipinski definition) is 3. The van der Waals surface area contributed by atoms with Crippen LogP contribution in [0.15, 0.2) is 11.6 Å². The zero-order valence-corrected chi connectivity index (χ0v) is 11.8. The molecule has 91 valence electrons. The molecular weight excluding hydrogens is 220 g/mol. The third-order valence-electron chi connectivity index (χ3n) is 2.57. The maximum atomic E-state index is 11.7. The highest BCUT2D eigenvalue weighted by Gasteiger charge is 2.31. The highest BCUT2D eigenvalue weighted by atomic mass is 28.3. The van der Waals surface area contributed by atoms with Crippen LogP contribution in [0.5, 0.6) is 0 Å². The largest absolute Gasteiger partial charge is 0.458 e. The van der Waals surface area contributed by atoms with Crippen molar-refractivity contribution in [2.24, 2.45) is 5.41 Å². The number of ether oxygens (including phenoxy) is 1. The van der Waals surface area contributed by atoms with Crippen molar-refractivity contribution in [1.29, 1.82) is 0 Å². The van der Waals surface area contributed by atoms with Gasteiger partial charge in [-0.3, -0.25) is 0 Å². The maximum absolute atomic E-state index is 11.7. The number of carbonyl (C=O) groups excluding carboxylic acids is 1. The van der Waals surface area contributed by atoms with Crippen LogP contribution in [0.25, 0.3) is 0 Å². The minimum Gasteiger partial charge on any atom is -0.458 e. The Morgan fingerprint density at radius 2 is 2.12 bits per heavy atom. The normalized spacial score (nSPS) is 22.0. The van der Waals surface area contributed by atoms with E-state index in [0.29, 0.717) is 12.2 Å². The van der Waals surface area contributed by atoms with Crippen molar-refractivity contribution in [3.63, 3.8) is 0 Å². The Bertz CT molecular complexity index is 289. The second kappa shape index (κ2) is 5.14. The molecule has 0 saturated carbocycles. The van der Waals surface area contributed by atoms with Crippen LogP contribution in [0.2, 0.25) is 13.1 Å². The molecule has 0 aromatic heterocycles. The van der Waals surface area contributed by atoms with E-state index in [1.807, 2.05) is 6.08 Å². The molecule has 1 unspecified atom stereocenters. The smallest absolute Gasteiger partial charge is 0.336 e. The van der Waals surface area contributed by atoms with Gasteiger partial charge in [-0.15, -0.1) is 0 Å². The van der Waals surface area contributed by atoms with Crippen molar-refractivity contribution < 1.29 is 14.0 Å². The van der Waals surface area contributed by atoms with Gasteiger partial charge in [0.1, 0.15) is 6.10 Å². The summed E-state index contributed by atoms with van der Waals surface area (Å²) in [6, 6.07) is 0. The van der Waals surface area contributed by atoms with Crippen LogP contribution in [-0.4, -0.2) is 27.7 Å². The fourth-order valence-electron chi connectivity index (χ4n) is 1.46. The van der Waals surface area contributed by atoms with Gasteiger partial charge >= 0.3 is 5.97 Å². The maximum Gasteiger partial charge on any atom is 0.336 e. The van der Waals surface area contributed by atoms with Crippen molar-refractivity contribution in [1.82, 2.24) is 0 Å². The van der Waals surface area contributed by atoms with E-state index in [4.69, 9.17) is 9.16 Å². The first-order valence-electron chi connectivity index (χ1n) is 5.63. The van der Waals surface area contributed by atoms with Crippen LogP contribution >= 0.6 is 0 Å². The number of esters is 1. The van der Waals surface area contributed by atoms with Crippen LogP contribution in [0.1, 0.15) is 27.2 Å². The number of hydrogen-bond donors (Lipinski definition) is 0. The lowest BCUT2D eigenvalue weighted by Gasteiger charge is -2.32. The van der Waals surface area contributed by atoms with Crippen LogP contribution in [-0.2, 0) is 14.0 Å². The van der Waals surface area contributed by atoms with Gasteiger partial charge in [0.2, 0.25) is 9.04 Å². The van der Waals surface area contributed by atoms with Gasteiger partial charge in [0.25, 0.3) is 0 Å². The van der Waals surface area contributed by atoms with E-state index in [1.54, 1.807) is 0 Å². The molecule has 0 saturated heterocycles. The molecule has 3 nitrogen and oxygen atoms in total. The summed E-state index contributed by atoms with van der Waals surface area (Å²) in [4.78, 5) is 11.7. The van der Waals surface area contributed by atoms with E-state index in [1.165, 1.54) is 0 Å². The van der Waals surface area contributed by atoms with E-state index >= 15 is 0 Å². The molecule has 0 aliphatic carbocycles. The monoisotopic (exact) mass is 241 g/mol. The summed E-state index contributed by atoms with van der Waals surface area (Å²) in [6.07, 6.45) is 2.74. The van der Waals surface area contributed by atoms with Gasteiger partial charge in [0, 0.05) is 6.42 Å². The van der Waals surface area contributed by atoms with Crippen molar-refractivity contribution >= 4 is 15.0 Å². The molecule has 1 aliphatic rings. The molecule has 0 amide bonds. The lowest BCUT2D eigenvalue weighted by atomic mass is 9.85. The van der Waals surface area contributed by atoms with Gasteiger partial charge in [0.15, 0.2) is 0 Å². The Morgan fingerprint density at radius 3 is 2.56 bits per heavy atom. The van der Waals surface area contributed by atoms with Crippen LogP contribution in [0.3, 0.4) is 0 Å². The van der Waals surface area contributed by atoms with Gasteiger partial charge < -0.3 is 9.16 Å².